The van der Waals surface area contributed by atoms with Gasteiger partial charge in [-0.3, -0.25) is 0 Å². The summed E-state index contributed by atoms with van der Waals surface area (Å²) >= 11 is 11.6. The summed E-state index contributed by atoms with van der Waals surface area (Å²) in [6, 6.07) is 8.46. The number of anilines is 1. The molecule has 0 amide bonds. The summed E-state index contributed by atoms with van der Waals surface area (Å²) in [5.74, 6) is -0.512. The van der Waals surface area contributed by atoms with Crippen molar-refractivity contribution >= 4 is 28.9 Å². The first-order valence-electron chi connectivity index (χ1n) is 5.88. The zero-order valence-electron chi connectivity index (χ0n) is 10.5. The van der Waals surface area contributed by atoms with Gasteiger partial charge in [-0.2, -0.15) is 8.78 Å². The van der Waals surface area contributed by atoms with Gasteiger partial charge in [-0.1, -0.05) is 23.2 Å². The van der Waals surface area contributed by atoms with E-state index < -0.39 is 12.4 Å². The molecule has 2 aromatic carbocycles. The molecule has 0 aliphatic rings. The maximum atomic E-state index is 13.5. The molecule has 0 aromatic heterocycles. The standard InChI is InChI=1S/C14H10Cl2F3NO/c15-9-1-3-12(17)8(5-9)7-20-10-2-4-13(11(16)6-10)21-14(18)19/h1-6,14,20H,7H2. The van der Waals surface area contributed by atoms with Crippen molar-refractivity contribution in [2.75, 3.05) is 5.32 Å². The fourth-order valence-corrected chi connectivity index (χ4v) is 2.10. The van der Waals surface area contributed by atoms with E-state index in [-0.39, 0.29) is 17.3 Å². The predicted molar refractivity (Wildman–Crippen MR) is 76.8 cm³/mol. The number of ether oxygens (including phenoxy) is 1. The molecular weight excluding hydrogens is 326 g/mol. The Balaban J connectivity index is 2.07. The minimum Gasteiger partial charge on any atom is -0.433 e. The van der Waals surface area contributed by atoms with E-state index in [4.69, 9.17) is 23.2 Å². The van der Waals surface area contributed by atoms with Gasteiger partial charge in [0.25, 0.3) is 0 Å². The Kier molecular flexibility index (Phi) is 5.20. The van der Waals surface area contributed by atoms with Crippen LogP contribution in [0.25, 0.3) is 0 Å². The van der Waals surface area contributed by atoms with Crippen molar-refractivity contribution in [2.45, 2.75) is 13.2 Å². The molecule has 0 aliphatic carbocycles. The third-order valence-electron chi connectivity index (χ3n) is 2.64. The Morgan fingerprint density at radius 2 is 1.86 bits per heavy atom. The van der Waals surface area contributed by atoms with Gasteiger partial charge in [0, 0.05) is 22.8 Å². The third kappa shape index (κ3) is 4.44. The van der Waals surface area contributed by atoms with Crippen molar-refractivity contribution in [1.82, 2.24) is 0 Å². The van der Waals surface area contributed by atoms with Crippen molar-refractivity contribution in [3.8, 4) is 5.75 Å². The monoisotopic (exact) mass is 335 g/mol. The number of nitrogens with one attached hydrogen (secondary N) is 1. The number of halogens is 5. The maximum absolute atomic E-state index is 13.5. The molecule has 112 valence electrons. The Morgan fingerprint density at radius 3 is 2.52 bits per heavy atom. The highest BCUT2D eigenvalue weighted by atomic mass is 35.5. The summed E-state index contributed by atoms with van der Waals surface area (Å²) in [6.07, 6.45) is 0. The van der Waals surface area contributed by atoms with Gasteiger partial charge < -0.3 is 10.1 Å². The highest BCUT2D eigenvalue weighted by molar-refractivity contribution is 6.32. The van der Waals surface area contributed by atoms with Crippen LogP contribution in [-0.2, 0) is 6.54 Å². The van der Waals surface area contributed by atoms with E-state index in [0.717, 1.165) is 0 Å². The highest BCUT2D eigenvalue weighted by Gasteiger charge is 2.09. The van der Waals surface area contributed by atoms with Crippen molar-refractivity contribution in [3.63, 3.8) is 0 Å². The van der Waals surface area contributed by atoms with Crippen LogP contribution in [0.1, 0.15) is 5.56 Å². The molecule has 0 aliphatic heterocycles. The molecular formula is C14H10Cl2F3NO. The van der Waals surface area contributed by atoms with Crippen LogP contribution < -0.4 is 10.1 Å². The molecule has 7 heteroatoms. The van der Waals surface area contributed by atoms with Crippen LogP contribution in [0.4, 0.5) is 18.9 Å². The molecule has 2 nitrogen and oxygen atoms in total. The van der Waals surface area contributed by atoms with Gasteiger partial charge in [0.15, 0.2) is 0 Å². The molecule has 0 bridgehead atoms. The van der Waals surface area contributed by atoms with Crippen LogP contribution in [0.2, 0.25) is 10.0 Å². The van der Waals surface area contributed by atoms with Gasteiger partial charge in [-0.15, -0.1) is 0 Å². The van der Waals surface area contributed by atoms with E-state index in [2.05, 4.69) is 10.1 Å². The number of alkyl halides is 2. The van der Waals surface area contributed by atoms with Crippen molar-refractivity contribution < 1.29 is 17.9 Å². The predicted octanol–water partition coefficient (Wildman–Crippen LogP) is 5.35. The minimum absolute atomic E-state index is 0.0341. The lowest BCUT2D eigenvalue weighted by Gasteiger charge is -2.11. The summed E-state index contributed by atoms with van der Waals surface area (Å²) in [5.41, 5.74) is 0.924. The van der Waals surface area contributed by atoms with Gasteiger partial charge in [0.1, 0.15) is 11.6 Å². The molecule has 2 rings (SSSR count). The lowest BCUT2D eigenvalue weighted by atomic mass is 10.2. The second kappa shape index (κ2) is 6.91. The zero-order valence-corrected chi connectivity index (χ0v) is 12.1. The SMILES string of the molecule is Fc1ccc(Cl)cc1CNc1ccc(OC(F)F)c(Cl)c1. The van der Waals surface area contributed by atoms with Gasteiger partial charge in [0.2, 0.25) is 0 Å². The molecule has 21 heavy (non-hydrogen) atoms. The maximum Gasteiger partial charge on any atom is 0.387 e. The minimum atomic E-state index is -2.94. The van der Waals surface area contributed by atoms with Gasteiger partial charge in [-0.25, -0.2) is 4.39 Å². The Bertz CT molecular complexity index is 638. The summed E-state index contributed by atoms with van der Waals surface area (Å²) in [6.45, 7) is -2.76. The molecule has 0 saturated heterocycles. The number of rotatable bonds is 5. The van der Waals surface area contributed by atoms with Crippen LogP contribution in [0.5, 0.6) is 5.75 Å². The Morgan fingerprint density at radius 1 is 1.10 bits per heavy atom. The van der Waals surface area contributed by atoms with Gasteiger partial charge in [-0.05, 0) is 36.4 Å². The molecule has 0 spiro atoms. The highest BCUT2D eigenvalue weighted by Crippen LogP contribution is 2.29. The second-order valence-corrected chi connectivity index (χ2v) is 4.96. The van der Waals surface area contributed by atoms with E-state index in [9.17, 15) is 13.2 Å². The molecule has 0 atom stereocenters. The van der Waals surface area contributed by atoms with Crippen LogP contribution in [-0.4, -0.2) is 6.61 Å². The topological polar surface area (TPSA) is 21.3 Å². The number of benzene rings is 2. The largest absolute Gasteiger partial charge is 0.433 e. The van der Waals surface area contributed by atoms with Crippen LogP contribution in [0, 0.1) is 5.82 Å². The normalized spacial score (nSPS) is 10.8. The first-order chi connectivity index (χ1) is 9.95. The van der Waals surface area contributed by atoms with Crippen LogP contribution >= 0.6 is 23.2 Å². The van der Waals surface area contributed by atoms with E-state index in [1.54, 1.807) is 0 Å². The molecule has 0 fully saturated rings. The lowest BCUT2D eigenvalue weighted by molar-refractivity contribution is -0.0497. The first kappa shape index (κ1) is 15.8. The average Bonchev–Trinajstić information content (AvgIpc) is 2.42. The lowest BCUT2D eigenvalue weighted by Crippen LogP contribution is -2.04. The van der Waals surface area contributed by atoms with Crippen molar-refractivity contribution in [2.24, 2.45) is 0 Å². The molecule has 0 heterocycles. The van der Waals surface area contributed by atoms with E-state index in [0.29, 0.717) is 16.3 Å². The summed E-state index contributed by atoms with van der Waals surface area (Å²) in [7, 11) is 0. The number of hydrogen-bond acceptors (Lipinski definition) is 2. The van der Waals surface area contributed by atoms with E-state index >= 15 is 0 Å². The fourth-order valence-electron chi connectivity index (χ4n) is 1.68. The smallest absolute Gasteiger partial charge is 0.387 e. The second-order valence-electron chi connectivity index (χ2n) is 4.11. The fraction of sp³-hybridized carbons (Fsp3) is 0.143. The summed E-state index contributed by atoms with van der Waals surface area (Å²) in [5, 5.41) is 3.38. The Labute approximate surface area is 129 Å². The van der Waals surface area contributed by atoms with Crippen molar-refractivity contribution in [1.29, 1.82) is 0 Å². The molecule has 1 N–H and O–H groups in total. The summed E-state index contributed by atoms with van der Waals surface area (Å²) in [4.78, 5) is 0. The molecule has 2 aromatic rings. The van der Waals surface area contributed by atoms with Crippen LogP contribution in [0.3, 0.4) is 0 Å². The Hall–Kier alpha value is -1.59. The van der Waals surface area contributed by atoms with Crippen molar-refractivity contribution in [3.05, 3.63) is 57.8 Å². The first-order valence-corrected chi connectivity index (χ1v) is 6.63. The van der Waals surface area contributed by atoms with Gasteiger partial charge in [0.05, 0.1) is 5.02 Å². The van der Waals surface area contributed by atoms with Crippen LogP contribution in [0.15, 0.2) is 36.4 Å². The molecule has 0 saturated carbocycles. The number of hydrogen-bond donors (Lipinski definition) is 1. The molecule has 0 unspecified atom stereocenters. The van der Waals surface area contributed by atoms with E-state index in [1.165, 1.54) is 36.4 Å². The zero-order chi connectivity index (χ0) is 15.4. The van der Waals surface area contributed by atoms with Gasteiger partial charge >= 0.3 is 6.61 Å². The third-order valence-corrected chi connectivity index (χ3v) is 3.17. The molecule has 0 radical (unpaired) electrons. The van der Waals surface area contributed by atoms with E-state index in [1.807, 2.05) is 0 Å². The average molecular weight is 336 g/mol. The quantitative estimate of drug-likeness (QED) is 0.795. The summed E-state index contributed by atoms with van der Waals surface area (Å²) < 4.78 is 42.0.